The molecule has 0 aliphatic rings. The lowest BCUT2D eigenvalue weighted by molar-refractivity contribution is -0.118. The maximum Gasteiger partial charge on any atom is 0.230 e. The van der Waals surface area contributed by atoms with Gasteiger partial charge in [0.05, 0.1) is 12.3 Å². The molecule has 20 heavy (non-hydrogen) atoms. The molecule has 0 bridgehead atoms. The molecule has 2 rings (SSSR count). The molecule has 2 aromatic rings. The van der Waals surface area contributed by atoms with Crippen LogP contribution in [0, 0.1) is 0 Å². The lowest BCUT2D eigenvalue weighted by Gasteiger charge is -2.04. The summed E-state index contributed by atoms with van der Waals surface area (Å²) in [5.41, 5.74) is 0. The molecule has 0 radical (unpaired) electrons. The third kappa shape index (κ3) is 4.61. The number of hydrogen-bond donors (Lipinski definition) is 1. The van der Waals surface area contributed by atoms with E-state index < -0.39 is 0 Å². The summed E-state index contributed by atoms with van der Waals surface area (Å²) in [6.07, 6.45) is 2.08. The van der Waals surface area contributed by atoms with Crippen LogP contribution in [0.2, 0.25) is 0 Å². The molecule has 2 aromatic heterocycles. The fourth-order valence-corrected chi connectivity index (χ4v) is 2.93. The van der Waals surface area contributed by atoms with Crippen LogP contribution in [0.1, 0.15) is 24.6 Å². The van der Waals surface area contributed by atoms with Gasteiger partial charge in [0.25, 0.3) is 0 Å². The molecule has 0 atom stereocenters. The van der Waals surface area contributed by atoms with Crippen molar-refractivity contribution >= 4 is 29.0 Å². The minimum Gasteiger partial charge on any atom is -0.355 e. The fraction of sp³-hybridized carbons (Fsp3) is 0.500. The van der Waals surface area contributed by atoms with Gasteiger partial charge in [0.2, 0.25) is 11.1 Å². The van der Waals surface area contributed by atoms with Gasteiger partial charge in [0, 0.05) is 11.4 Å². The molecule has 0 fully saturated rings. The topological polar surface area (TPSA) is 72.7 Å². The second-order valence-corrected chi connectivity index (χ2v) is 6.17. The fourth-order valence-electron chi connectivity index (χ4n) is 1.53. The molecule has 0 spiro atoms. The van der Waals surface area contributed by atoms with Crippen molar-refractivity contribution in [2.45, 2.75) is 31.5 Å². The zero-order valence-electron chi connectivity index (χ0n) is 11.3. The minimum absolute atomic E-state index is 0.0223. The van der Waals surface area contributed by atoms with E-state index >= 15 is 0 Å². The number of carbonyl (C=O) groups is 1. The number of unbranched alkanes of at least 4 members (excludes halogenated alkanes) is 1. The molecule has 0 saturated heterocycles. The van der Waals surface area contributed by atoms with Gasteiger partial charge in [-0.25, -0.2) is 4.68 Å². The van der Waals surface area contributed by atoms with Gasteiger partial charge in [-0.2, -0.15) is 0 Å². The largest absolute Gasteiger partial charge is 0.355 e. The zero-order valence-corrected chi connectivity index (χ0v) is 12.9. The second-order valence-electron chi connectivity index (χ2n) is 4.19. The van der Waals surface area contributed by atoms with E-state index in [2.05, 4.69) is 27.8 Å². The number of aromatic nitrogens is 4. The van der Waals surface area contributed by atoms with Crippen molar-refractivity contribution in [2.24, 2.45) is 0 Å². The Morgan fingerprint density at radius 1 is 1.55 bits per heavy atom. The highest BCUT2D eigenvalue weighted by Crippen LogP contribution is 2.16. The van der Waals surface area contributed by atoms with E-state index in [1.54, 1.807) is 16.0 Å². The molecule has 2 heterocycles. The number of rotatable bonds is 8. The van der Waals surface area contributed by atoms with E-state index in [0.717, 1.165) is 19.4 Å². The van der Waals surface area contributed by atoms with Crippen LogP contribution in [0.3, 0.4) is 0 Å². The van der Waals surface area contributed by atoms with Crippen molar-refractivity contribution in [2.75, 3.05) is 12.3 Å². The lowest BCUT2D eigenvalue weighted by atomic mass is 10.3. The van der Waals surface area contributed by atoms with E-state index in [4.69, 9.17) is 0 Å². The van der Waals surface area contributed by atoms with Gasteiger partial charge in [-0.15, -0.1) is 16.4 Å². The van der Waals surface area contributed by atoms with Crippen LogP contribution in [0.4, 0.5) is 0 Å². The number of thiophene rings is 1. The van der Waals surface area contributed by atoms with E-state index in [9.17, 15) is 4.79 Å². The third-order valence-electron chi connectivity index (χ3n) is 2.57. The summed E-state index contributed by atoms with van der Waals surface area (Å²) in [7, 11) is 0. The molecule has 0 unspecified atom stereocenters. The summed E-state index contributed by atoms with van der Waals surface area (Å²) in [5, 5.41) is 17.1. The minimum atomic E-state index is 0.0223. The smallest absolute Gasteiger partial charge is 0.230 e. The Balaban J connectivity index is 1.81. The van der Waals surface area contributed by atoms with E-state index in [0.29, 0.717) is 17.5 Å². The Kier molecular flexibility index (Phi) is 6.00. The van der Waals surface area contributed by atoms with Crippen LogP contribution in [0.15, 0.2) is 22.7 Å². The number of hydrogen-bond acceptors (Lipinski definition) is 6. The Hall–Kier alpha value is -1.41. The van der Waals surface area contributed by atoms with Crippen molar-refractivity contribution in [1.29, 1.82) is 0 Å². The van der Waals surface area contributed by atoms with Gasteiger partial charge in [-0.3, -0.25) is 4.79 Å². The summed E-state index contributed by atoms with van der Waals surface area (Å²) >= 11 is 3.02. The monoisotopic (exact) mass is 311 g/mol. The van der Waals surface area contributed by atoms with Crippen molar-refractivity contribution in [1.82, 2.24) is 25.5 Å². The highest BCUT2D eigenvalue weighted by Gasteiger charge is 2.10. The molecule has 0 saturated carbocycles. The van der Waals surface area contributed by atoms with E-state index in [-0.39, 0.29) is 5.91 Å². The van der Waals surface area contributed by atoms with Crippen LogP contribution < -0.4 is 5.32 Å². The maximum absolute atomic E-state index is 11.6. The predicted octanol–water partition coefficient (Wildman–Crippen LogP) is 1.79. The average Bonchev–Trinajstić information content (AvgIpc) is 3.09. The first kappa shape index (κ1) is 15.0. The predicted molar refractivity (Wildman–Crippen MR) is 79.9 cm³/mol. The highest BCUT2D eigenvalue weighted by molar-refractivity contribution is 7.99. The van der Waals surface area contributed by atoms with Crippen molar-refractivity contribution < 1.29 is 4.79 Å². The Bertz CT molecular complexity index is 526. The number of amides is 1. The first-order valence-electron chi connectivity index (χ1n) is 6.47. The van der Waals surface area contributed by atoms with Crippen LogP contribution >= 0.6 is 23.1 Å². The van der Waals surface area contributed by atoms with Crippen molar-refractivity contribution in [3.05, 3.63) is 22.4 Å². The van der Waals surface area contributed by atoms with Gasteiger partial charge in [-0.1, -0.05) is 31.2 Å². The first-order valence-corrected chi connectivity index (χ1v) is 8.34. The Morgan fingerprint density at radius 3 is 3.20 bits per heavy atom. The number of tetrazole rings is 1. The number of nitrogens with zero attached hydrogens (tertiary/aromatic N) is 4. The molecule has 1 N–H and O–H groups in total. The van der Waals surface area contributed by atoms with Crippen molar-refractivity contribution in [3.8, 4) is 0 Å². The lowest BCUT2D eigenvalue weighted by Crippen LogP contribution is -2.26. The van der Waals surface area contributed by atoms with Crippen LogP contribution in [-0.2, 0) is 11.3 Å². The summed E-state index contributed by atoms with van der Waals surface area (Å²) in [6, 6.07) is 4.04. The zero-order chi connectivity index (χ0) is 14.2. The average molecular weight is 311 g/mol. The van der Waals surface area contributed by atoms with Gasteiger partial charge in [-0.05, 0) is 28.3 Å². The van der Waals surface area contributed by atoms with Crippen LogP contribution in [0.25, 0.3) is 0 Å². The quantitative estimate of drug-likeness (QED) is 0.594. The maximum atomic E-state index is 11.6. The summed E-state index contributed by atoms with van der Waals surface area (Å²) in [4.78, 5) is 12.8. The molecule has 8 heteroatoms. The van der Waals surface area contributed by atoms with Gasteiger partial charge in [0.1, 0.15) is 0 Å². The molecule has 1 amide bonds. The summed E-state index contributed by atoms with van der Waals surface area (Å²) in [5.74, 6) is 0.364. The van der Waals surface area contributed by atoms with Crippen LogP contribution in [0.5, 0.6) is 0 Å². The molecule has 0 aliphatic carbocycles. The molecule has 6 nitrogen and oxygen atoms in total. The Morgan fingerprint density at radius 2 is 2.45 bits per heavy atom. The molecular weight excluding hydrogens is 294 g/mol. The number of nitrogens with one attached hydrogen (secondary N) is 1. The number of thioether (sulfide) groups is 1. The number of carbonyl (C=O) groups excluding carboxylic acids is 1. The summed E-state index contributed by atoms with van der Waals surface area (Å²) < 4.78 is 1.72. The SMILES string of the molecule is CCCCNC(=O)CSc1nnnn1Cc1cccs1. The van der Waals surface area contributed by atoms with Crippen molar-refractivity contribution in [3.63, 3.8) is 0 Å². The normalized spacial score (nSPS) is 10.7. The molecular formula is C12H17N5OS2. The van der Waals surface area contributed by atoms with Gasteiger partial charge in [0.15, 0.2) is 0 Å². The second kappa shape index (κ2) is 8.01. The molecule has 108 valence electrons. The molecule has 0 aliphatic heterocycles. The van der Waals surface area contributed by atoms with Gasteiger partial charge < -0.3 is 5.32 Å². The van der Waals surface area contributed by atoms with E-state index in [1.165, 1.54) is 16.6 Å². The molecule has 0 aromatic carbocycles. The Labute approximate surface area is 126 Å². The highest BCUT2D eigenvalue weighted by atomic mass is 32.2. The van der Waals surface area contributed by atoms with Gasteiger partial charge >= 0.3 is 0 Å². The standard InChI is InChI=1S/C12H17N5OS2/c1-2-3-6-13-11(18)9-20-12-14-15-16-17(12)8-10-5-4-7-19-10/h4-5,7H,2-3,6,8-9H2,1H3,(H,13,18). The van der Waals surface area contributed by atoms with E-state index in [1.807, 2.05) is 17.5 Å². The summed E-state index contributed by atoms with van der Waals surface area (Å²) in [6.45, 7) is 3.47. The third-order valence-corrected chi connectivity index (χ3v) is 4.39. The first-order chi connectivity index (χ1) is 9.79. The van der Waals surface area contributed by atoms with Crippen LogP contribution in [-0.4, -0.2) is 38.4 Å².